The summed E-state index contributed by atoms with van der Waals surface area (Å²) in [5.74, 6) is -2.76. The molecule has 0 aliphatic carbocycles. The third-order valence-corrected chi connectivity index (χ3v) is 4.31. The normalized spacial score (nSPS) is 15.1. The topological polar surface area (TPSA) is 139 Å². The number of nitrogens with two attached hydrogens (primary N) is 1. The number of primary amides is 1. The number of carboxylic acid groups (broad SMARTS) is 1. The van der Waals surface area contributed by atoms with E-state index in [0.29, 0.717) is 11.3 Å². The highest BCUT2D eigenvalue weighted by Gasteiger charge is 2.34. The first-order valence-corrected chi connectivity index (χ1v) is 8.93. The number of rotatable bonds is 6. The molecule has 0 radical (unpaired) electrons. The van der Waals surface area contributed by atoms with Crippen molar-refractivity contribution in [3.05, 3.63) is 65.2 Å². The molecule has 1 saturated heterocycles. The predicted molar refractivity (Wildman–Crippen MR) is 111 cm³/mol. The molecule has 0 spiro atoms. The third kappa shape index (κ3) is 4.50. The van der Waals surface area contributed by atoms with E-state index in [0.717, 1.165) is 4.90 Å². The molecule has 2 aromatic rings. The van der Waals surface area contributed by atoms with Crippen molar-refractivity contribution in [3.8, 4) is 5.75 Å². The fraction of sp³-hybridized carbons (Fsp3) is 0.0500. The van der Waals surface area contributed by atoms with Gasteiger partial charge in [-0.15, -0.1) is 0 Å². The zero-order valence-corrected chi connectivity index (χ0v) is 16.1. The molecule has 0 bridgehead atoms. The average molecular weight is 425 g/mol. The quantitative estimate of drug-likeness (QED) is 0.357. The number of aromatic carboxylic acids is 1. The second-order valence-corrected chi connectivity index (χ2v) is 6.52. The minimum absolute atomic E-state index is 0.0305. The number of carboxylic acids is 1. The smallest absolute Gasteiger partial charge is 0.335 e. The van der Waals surface area contributed by atoms with Gasteiger partial charge in [-0.25, -0.2) is 4.79 Å². The van der Waals surface area contributed by atoms with Crippen molar-refractivity contribution in [1.82, 2.24) is 5.32 Å². The summed E-state index contributed by atoms with van der Waals surface area (Å²) in [5, 5.41) is 11.4. The van der Waals surface area contributed by atoms with Crippen molar-refractivity contribution >= 4 is 52.8 Å². The van der Waals surface area contributed by atoms with Crippen LogP contribution >= 0.6 is 12.2 Å². The molecular formula is C20H15N3O6S. The van der Waals surface area contributed by atoms with E-state index in [1.165, 1.54) is 30.3 Å². The Morgan fingerprint density at radius 3 is 2.50 bits per heavy atom. The second-order valence-electron chi connectivity index (χ2n) is 6.14. The lowest BCUT2D eigenvalue weighted by atomic mass is 10.1. The lowest BCUT2D eigenvalue weighted by molar-refractivity contribution is -0.122. The van der Waals surface area contributed by atoms with Crippen LogP contribution in [0.2, 0.25) is 0 Å². The summed E-state index contributed by atoms with van der Waals surface area (Å²) < 4.78 is 5.16. The number of anilines is 1. The Morgan fingerprint density at radius 2 is 1.87 bits per heavy atom. The molecule has 2 aromatic carbocycles. The molecule has 0 atom stereocenters. The fourth-order valence-corrected chi connectivity index (χ4v) is 2.93. The SMILES string of the molecule is NC(=O)COc1ccc(C=C2C(=O)NC(=S)N(c3cccc(C(=O)O)c3)C2=O)cc1. The van der Waals surface area contributed by atoms with E-state index in [4.69, 9.17) is 27.8 Å². The number of carbonyl (C=O) groups is 4. The Hall–Kier alpha value is -4.05. The lowest BCUT2D eigenvalue weighted by Gasteiger charge is -2.29. The van der Waals surface area contributed by atoms with Gasteiger partial charge in [0.2, 0.25) is 0 Å². The molecule has 9 nitrogen and oxygen atoms in total. The molecule has 4 N–H and O–H groups in total. The molecule has 0 aromatic heterocycles. The predicted octanol–water partition coefficient (Wildman–Crippen LogP) is 1.08. The van der Waals surface area contributed by atoms with Gasteiger partial charge in [-0.2, -0.15) is 0 Å². The van der Waals surface area contributed by atoms with Gasteiger partial charge in [0.25, 0.3) is 17.7 Å². The third-order valence-electron chi connectivity index (χ3n) is 4.03. The van der Waals surface area contributed by atoms with Gasteiger partial charge in [0, 0.05) is 0 Å². The van der Waals surface area contributed by atoms with Gasteiger partial charge in [-0.1, -0.05) is 18.2 Å². The number of thiocarbonyl (C=S) groups is 1. The lowest BCUT2D eigenvalue weighted by Crippen LogP contribution is -2.54. The van der Waals surface area contributed by atoms with E-state index in [9.17, 15) is 19.2 Å². The highest BCUT2D eigenvalue weighted by molar-refractivity contribution is 7.80. The molecule has 152 valence electrons. The molecule has 1 fully saturated rings. The van der Waals surface area contributed by atoms with Crippen molar-refractivity contribution in [2.24, 2.45) is 5.73 Å². The first-order valence-electron chi connectivity index (χ1n) is 8.52. The highest BCUT2D eigenvalue weighted by atomic mass is 32.1. The van der Waals surface area contributed by atoms with E-state index in [1.807, 2.05) is 0 Å². The second kappa shape index (κ2) is 8.53. The number of carbonyl (C=O) groups excluding carboxylic acids is 3. The van der Waals surface area contributed by atoms with Crippen LogP contribution in [0.3, 0.4) is 0 Å². The first-order chi connectivity index (χ1) is 14.3. The summed E-state index contributed by atoms with van der Waals surface area (Å²) in [5.41, 5.74) is 5.54. The maximum atomic E-state index is 13.0. The largest absolute Gasteiger partial charge is 0.484 e. The molecule has 10 heteroatoms. The van der Waals surface area contributed by atoms with Crippen LogP contribution in [0, 0.1) is 0 Å². The van der Waals surface area contributed by atoms with Gasteiger partial charge in [-0.05, 0) is 54.2 Å². The number of nitrogens with zero attached hydrogens (tertiary/aromatic N) is 1. The molecule has 1 aliphatic heterocycles. The van der Waals surface area contributed by atoms with E-state index in [1.54, 1.807) is 24.3 Å². The van der Waals surface area contributed by atoms with Crippen molar-refractivity contribution < 1.29 is 29.0 Å². The molecule has 30 heavy (non-hydrogen) atoms. The maximum absolute atomic E-state index is 13.0. The van der Waals surface area contributed by atoms with Crippen LogP contribution < -0.4 is 20.7 Å². The summed E-state index contributed by atoms with van der Waals surface area (Å²) in [6.07, 6.45) is 1.37. The monoisotopic (exact) mass is 425 g/mol. The maximum Gasteiger partial charge on any atom is 0.335 e. The van der Waals surface area contributed by atoms with Crippen LogP contribution in [0.25, 0.3) is 6.08 Å². The van der Waals surface area contributed by atoms with Crippen LogP contribution in [0.1, 0.15) is 15.9 Å². The summed E-state index contributed by atoms with van der Waals surface area (Å²) in [4.78, 5) is 48.3. The minimum atomic E-state index is -1.16. The molecule has 0 saturated carbocycles. The van der Waals surface area contributed by atoms with Crippen LogP contribution in [0.15, 0.2) is 54.1 Å². The molecular weight excluding hydrogens is 410 g/mol. The summed E-state index contributed by atoms with van der Waals surface area (Å²) in [7, 11) is 0. The van der Waals surface area contributed by atoms with Gasteiger partial charge in [-0.3, -0.25) is 24.6 Å². The van der Waals surface area contributed by atoms with Gasteiger partial charge >= 0.3 is 5.97 Å². The molecule has 3 rings (SSSR count). The number of hydrogen-bond acceptors (Lipinski definition) is 6. The Morgan fingerprint density at radius 1 is 1.17 bits per heavy atom. The van der Waals surface area contributed by atoms with Crippen LogP contribution in [0.4, 0.5) is 5.69 Å². The highest BCUT2D eigenvalue weighted by Crippen LogP contribution is 2.23. The average Bonchev–Trinajstić information content (AvgIpc) is 2.70. The summed E-state index contributed by atoms with van der Waals surface area (Å²) >= 11 is 5.10. The Kier molecular flexibility index (Phi) is 5.88. The zero-order valence-electron chi connectivity index (χ0n) is 15.3. The molecule has 1 heterocycles. The molecule has 0 unspecified atom stereocenters. The van der Waals surface area contributed by atoms with E-state index in [2.05, 4.69) is 5.32 Å². The number of hydrogen-bond donors (Lipinski definition) is 3. The number of benzene rings is 2. The number of ether oxygens (including phenoxy) is 1. The van der Waals surface area contributed by atoms with Crippen LogP contribution in [-0.2, 0) is 14.4 Å². The Labute approximate surface area is 175 Å². The minimum Gasteiger partial charge on any atom is -0.484 e. The Balaban J connectivity index is 1.89. The van der Waals surface area contributed by atoms with E-state index in [-0.39, 0.29) is 28.5 Å². The zero-order chi connectivity index (χ0) is 21.8. The van der Waals surface area contributed by atoms with E-state index < -0.39 is 23.7 Å². The van der Waals surface area contributed by atoms with Crippen molar-refractivity contribution in [3.63, 3.8) is 0 Å². The summed E-state index contributed by atoms with van der Waals surface area (Å²) in [6.45, 7) is -0.275. The van der Waals surface area contributed by atoms with Crippen LogP contribution in [0.5, 0.6) is 5.75 Å². The molecule has 3 amide bonds. The van der Waals surface area contributed by atoms with Gasteiger partial charge in [0.05, 0.1) is 11.3 Å². The first kappa shape index (κ1) is 20.7. The van der Waals surface area contributed by atoms with Gasteiger partial charge in [0.15, 0.2) is 11.7 Å². The van der Waals surface area contributed by atoms with E-state index >= 15 is 0 Å². The van der Waals surface area contributed by atoms with Gasteiger partial charge in [0.1, 0.15) is 11.3 Å². The number of nitrogens with one attached hydrogen (secondary N) is 1. The van der Waals surface area contributed by atoms with Gasteiger partial charge < -0.3 is 15.6 Å². The van der Waals surface area contributed by atoms with Crippen molar-refractivity contribution in [1.29, 1.82) is 0 Å². The fourth-order valence-electron chi connectivity index (χ4n) is 2.65. The van der Waals surface area contributed by atoms with Crippen LogP contribution in [-0.4, -0.2) is 40.5 Å². The number of amides is 3. The van der Waals surface area contributed by atoms with Crippen molar-refractivity contribution in [2.75, 3.05) is 11.5 Å². The molecule has 1 aliphatic rings. The van der Waals surface area contributed by atoms with Crippen molar-refractivity contribution in [2.45, 2.75) is 0 Å². The Bertz CT molecular complexity index is 1090. The standard InChI is InChI=1S/C20H15N3O6S/c21-16(24)10-29-14-6-4-11(5-7-14)8-15-17(25)22-20(30)23(18(15)26)13-3-1-2-12(9-13)19(27)28/h1-9H,10H2,(H2,21,24)(H,27,28)(H,22,25,30). The summed E-state index contributed by atoms with van der Waals surface area (Å²) in [6, 6.07) is 11.9.